The zero-order valence-electron chi connectivity index (χ0n) is 46.8. The summed E-state index contributed by atoms with van der Waals surface area (Å²) in [5.41, 5.74) is 1.93. The van der Waals surface area contributed by atoms with Crippen molar-refractivity contribution in [2.24, 2.45) is 0 Å². The molecule has 0 spiro atoms. The molecule has 19 nitrogen and oxygen atoms in total. The molecule has 0 bridgehead atoms. The maximum Gasteiger partial charge on any atom is 0.488 e. The second kappa shape index (κ2) is 32.1. The third kappa shape index (κ3) is 20.9. The number of aliphatic hydroxyl groups excluding tert-OH is 1. The molecule has 4 aliphatic heterocycles. The fourth-order valence-corrected chi connectivity index (χ4v) is 9.04. The van der Waals surface area contributed by atoms with Crippen molar-refractivity contribution in [2.75, 3.05) is 69.5 Å². The van der Waals surface area contributed by atoms with Gasteiger partial charge in [0.2, 0.25) is 0 Å². The van der Waals surface area contributed by atoms with E-state index in [1.54, 1.807) is 67.1 Å². The number of methoxy groups -OCH3 is 1. The molecule has 0 unspecified atom stereocenters. The van der Waals surface area contributed by atoms with Crippen LogP contribution in [-0.2, 0) is 39.4 Å². The first-order chi connectivity index (χ1) is 38.8. The molecule has 4 fully saturated rings. The van der Waals surface area contributed by atoms with Gasteiger partial charge in [0.1, 0.15) is 33.9 Å². The van der Waals surface area contributed by atoms with Crippen LogP contribution in [0.25, 0.3) is 11.3 Å². The number of anilines is 2. The molecule has 10 heterocycles. The van der Waals surface area contributed by atoms with Crippen LogP contribution >= 0.6 is 82.6 Å². The van der Waals surface area contributed by atoms with Crippen LogP contribution in [0.1, 0.15) is 92.5 Å². The summed E-state index contributed by atoms with van der Waals surface area (Å²) >= 11 is 27.6. The summed E-state index contributed by atoms with van der Waals surface area (Å²) in [5.74, 6) is 1.22. The summed E-state index contributed by atoms with van der Waals surface area (Å²) in [6.45, 7) is 22.3. The predicted molar refractivity (Wildman–Crippen MR) is 329 cm³/mol. The highest BCUT2D eigenvalue weighted by Crippen LogP contribution is 2.43. The van der Waals surface area contributed by atoms with Gasteiger partial charge in [0.15, 0.2) is 12.6 Å². The fourth-order valence-electron chi connectivity index (χ4n) is 7.31. The molecule has 0 radical (unpaired) electrons. The third-order valence-corrected chi connectivity index (χ3v) is 15.2. The molecule has 0 aromatic carbocycles. The summed E-state index contributed by atoms with van der Waals surface area (Å²) in [5, 5.41) is 10.2. The Labute approximate surface area is 519 Å². The molecular formula is C55H64B2Br3Cl3N8O11. The van der Waals surface area contributed by atoms with E-state index < -0.39 is 20.0 Å². The van der Waals surface area contributed by atoms with E-state index in [4.69, 9.17) is 68.0 Å². The summed E-state index contributed by atoms with van der Waals surface area (Å²) in [7, 11) is 0.373. The van der Waals surface area contributed by atoms with E-state index in [9.17, 15) is 14.4 Å². The zero-order valence-corrected chi connectivity index (χ0v) is 53.8. The number of carbonyl (C=O) groups is 3. The summed E-state index contributed by atoms with van der Waals surface area (Å²) in [6, 6.07) is 21.0. The Morgan fingerprint density at radius 3 is 1.44 bits per heavy atom. The van der Waals surface area contributed by atoms with Crippen molar-refractivity contribution < 1.29 is 52.3 Å². The Kier molecular flexibility index (Phi) is 26.7. The number of aliphatic hydroxyl groups is 1. The summed E-state index contributed by atoms with van der Waals surface area (Å²) in [6.07, 6.45) is 7.79. The normalized spacial score (nSPS) is 17.1. The van der Waals surface area contributed by atoms with Crippen molar-refractivity contribution in [3.05, 3.63) is 149 Å². The van der Waals surface area contributed by atoms with Gasteiger partial charge in [-0.15, -0.1) is 0 Å². The molecule has 82 heavy (non-hydrogen) atoms. The van der Waals surface area contributed by atoms with Crippen molar-refractivity contribution in [1.82, 2.24) is 29.9 Å². The Balaban J connectivity index is 0.000000186. The molecular weight excluding hydrogens is 1320 g/mol. The van der Waals surface area contributed by atoms with Crippen molar-refractivity contribution in [3.8, 4) is 11.3 Å². The van der Waals surface area contributed by atoms with Gasteiger partial charge in [-0.3, -0.25) is 24.5 Å². The highest BCUT2D eigenvalue weighted by Gasteiger charge is 2.63. The monoisotopic (exact) mass is 1380 g/mol. The number of esters is 1. The minimum atomic E-state index is -0.476. The van der Waals surface area contributed by atoms with E-state index in [2.05, 4.69) is 92.2 Å². The molecule has 1 N–H and O–H groups in total. The average molecular weight is 1380 g/mol. The standard InChI is InChI=1S/C15H14ClN3O2.C12H24B2O4.C9H10Cl2N2O.C7H6BrNO2.C6H6BrNO.C6H4BrNO/c16-12-8-14(11-1-2-17-13(7-11)10-20)18-15(9-12)19-3-5-21-6-4-19;1-9(2)10(3,4)16-13(15-9)14-17-11(5,6)12(7,8)18-14;10-7-5-8(11)12-9(6-7)13-1-3-14-4-2-13;1-11-7(10)6-4-5(8)2-3-9-6;2*7-5-1-2-8-6(3-5)4-9/h1-2,7-10H,3-6H2;1-8H3;5-6H,1-4H2;2-4H,1H3;1-3,9H,4H2;1-4H. The zero-order chi connectivity index (χ0) is 60.3. The van der Waals surface area contributed by atoms with Crippen LogP contribution in [-0.4, -0.2) is 150 Å². The fraction of sp³-hybridized carbons (Fsp3) is 0.400. The maximum atomic E-state index is 10.9. The number of aromatic nitrogens is 6. The van der Waals surface area contributed by atoms with Gasteiger partial charge < -0.3 is 47.7 Å². The molecule has 438 valence electrons. The highest BCUT2D eigenvalue weighted by atomic mass is 79.9. The number of hydrogen-bond donors (Lipinski definition) is 1. The van der Waals surface area contributed by atoms with E-state index in [0.29, 0.717) is 57.5 Å². The van der Waals surface area contributed by atoms with Crippen molar-refractivity contribution >= 4 is 127 Å². The average Bonchev–Trinajstić information content (AvgIpc) is 3.98. The second-order valence-corrected chi connectivity index (χ2v) is 24.0. The lowest BCUT2D eigenvalue weighted by atomic mass is 9.49. The number of rotatable bonds is 8. The molecule has 27 heteroatoms. The first-order valence-electron chi connectivity index (χ1n) is 25.6. The molecule has 6 aromatic rings. The molecule has 0 saturated carbocycles. The van der Waals surface area contributed by atoms with Crippen LogP contribution in [0.2, 0.25) is 15.2 Å². The van der Waals surface area contributed by atoms with Gasteiger partial charge in [-0.2, -0.15) is 0 Å². The predicted octanol–water partition coefficient (Wildman–Crippen LogP) is 11.5. The highest BCUT2D eigenvalue weighted by molar-refractivity contribution is 9.11. The summed E-state index contributed by atoms with van der Waals surface area (Å²) in [4.78, 5) is 60.3. The van der Waals surface area contributed by atoms with Crippen molar-refractivity contribution in [1.29, 1.82) is 0 Å². The number of pyridine rings is 6. The molecule has 10 rings (SSSR count). The van der Waals surface area contributed by atoms with E-state index in [1.165, 1.54) is 13.3 Å². The van der Waals surface area contributed by atoms with Gasteiger partial charge in [-0.05, 0) is 128 Å². The van der Waals surface area contributed by atoms with Crippen molar-refractivity contribution in [2.45, 2.75) is 84.4 Å². The van der Waals surface area contributed by atoms with Crippen LogP contribution < -0.4 is 9.80 Å². The number of hydrogen-bond acceptors (Lipinski definition) is 19. The quantitative estimate of drug-likeness (QED) is 0.0648. The lowest BCUT2D eigenvalue weighted by Crippen LogP contribution is -2.41. The largest absolute Gasteiger partial charge is 0.488 e. The number of morpholine rings is 2. The van der Waals surface area contributed by atoms with E-state index >= 15 is 0 Å². The van der Waals surface area contributed by atoms with Gasteiger partial charge in [-0.25, -0.2) is 19.7 Å². The second-order valence-electron chi connectivity index (χ2n) is 20.0. The van der Waals surface area contributed by atoms with E-state index in [-0.39, 0.29) is 29.0 Å². The summed E-state index contributed by atoms with van der Waals surface area (Å²) < 4.78 is 41.5. The molecule has 4 saturated heterocycles. The lowest BCUT2D eigenvalue weighted by Gasteiger charge is -2.32. The van der Waals surface area contributed by atoms with Gasteiger partial charge >= 0.3 is 20.0 Å². The minimum Gasteiger partial charge on any atom is -0.464 e. The van der Waals surface area contributed by atoms with E-state index in [1.807, 2.05) is 79.7 Å². The smallest absolute Gasteiger partial charge is 0.464 e. The topological polar surface area (TPSA) is 220 Å². The van der Waals surface area contributed by atoms with Gasteiger partial charge in [-0.1, -0.05) is 82.6 Å². The van der Waals surface area contributed by atoms with Crippen LogP contribution in [0.15, 0.2) is 111 Å². The maximum absolute atomic E-state index is 10.9. The number of nitrogens with zero attached hydrogens (tertiary/aromatic N) is 8. The first-order valence-corrected chi connectivity index (χ1v) is 29.1. The Morgan fingerprint density at radius 2 is 1.02 bits per heavy atom. The molecule has 0 atom stereocenters. The number of aldehydes is 2. The number of carbonyl (C=O) groups excluding carboxylic acids is 3. The molecule has 0 aliphatic carbocycles. The lowest BCUT2D eigenvalue weighted by molar-refractivity contribution is 0.00578. The van der Waals surface area contributed by atoms with Gasteiger partial charge in [0, 0.05) is 80.0 Å². The number of ether oxygens (including phenoxy) is 3. The molecule has 0 amide bonds. The molecule has 4 aliphatic rings. The first kappa shape index (κ1) is 68.3. The minimum absolute atomic E-state index is 0.000556. The van der Waals surface area contributed by atoms with Gasteiger partial charge in [0.25, 0.3) is 0 Å². The van der Waals surface area contributed by atoms with E-state index in [0.717, 1.165) is 82.0 Å². The van der Waals surface area contributed by atoms with Crippen LogP contribution in [0.3, 0.4) is 0 Å². The Bertz CT molecular complexity index is 2970. The Morgan fingerprint density at radius 1 is 0.598 bits per heavy atom. The van der Waals surface area contributed by atoms with Crippen LogP contribution in [0, 0.1) is 0 Å². The van der Waals surface area contributed by atoms with Crippen LogP contribution in [0.4, 0.5) is 11.6 Å². The third-order valence-electron chi connectivity index (χ3n) is 13.1. The Hall–Kier alpha value is -4.53. The van der Waals surface area contributed by atoms with Crippen LogP contribution in [0.5, 0.6) is 0 Å². The molecule has 6 aromatic heterocycles. The number of halogens is 6. The SMILES string of the molecule is CC1(C)OB(B2OC(C)(C)C(C)(C)O2)OC1(C)C.COC(=O)c1cc(Br)ccn1.Clc1cc(Cl)nc(N2CCOCC2)c1.O=Cc1cc(-c2cc(Cl)cc(N3CCOCC3)n2)ccn1.O=Cc1cc(Br)ccn1.OCc1cc(Br)ccn1. The van der Waals surface area contributed by atoms with Gasteiger partial charge in [0.05, 0.1) is 73.9 Å². The van der Waals surface area contributed by atoms with Crippen molar-refractivity contribution in [3.63, 3.8) is 0 Å².